The summed E-state index contributed by atoms with van der Waals surface area (Å²) < 4.78 is 5.01. The summed E-state index contributed by atoms with van der Waals surface area (Å²) in [5.41, 5.74) is 2.06. The summed E-state index contributed by atoms with van der Waals surface area (Å²) in [6.45, 7) is 0.368. The van der Waals surface area contributed by atoms with Crippen molar-refractivity contribution in [2.24, 2.45) is 0 Å². The number of carbonyl (C=O) groups excluding carboxylic acids is 1. The molecule has 0 aliphatic heterocycles. The molecule has 3 aromatic heterocycles. The fourth-order valence-electron chi connectivity index (χ4n) is 2.57. The smallest absolute Gasteiger partial charge is 0.236 e. The molecule has 1 N–H and O–H groups in total. The molecule has 1 amide bonds. The summed E-state index contributed by atoms with van der Waals surface area (Å²) in [4.78, 5) is 22.0. The zero-order chi connectivity index (χ0) is 20.2. The van der Waals surface area contributed by atoms with E-state index in [9.17, 15) is 4.79 Å². The number of carbonyl (C=O) groups is 1. The van der Waals surface area contributed by atoms with E-state index in [-0.39, 0.29) is 11.7 Å². The lowest BCUT2D eigenvalue weighted by Gasteiger charge is -2.05. The normalized spacial score (nSPS) is 11.1. The minimum Gasteiger partial charge on any atom is -0.377 e. The van der Waals surface area contributed by atoms with Crippen LogP contribution in [0, 0.1) is 0 Å². The number of hydrogen-bond acceptors (Lipinski definition) is 9. The first-order valence-electron chi connectivity index (χ1n) is 8.36. The second-order valence-corrected chi connectivity index (χ2v) is 9.11. The summed E-state index contributed by atoms with van der Waals surface area (Å²) >= 11 is 10.2. The first-order chi connectivity index (χ1) is 14.1. The van der Waals surface area contributed by atoms with Gasteiger partial charge in [0.2, 0.25) is 11.0 Å². The van der Waals surface area contributed by atoms with Crippen molar-refractivity contribution < 1.29 is 9.53 Å². The number of rotatable bonds is 7. The van der Waals surface area contributed by atoms with Crippen LogP contribution < -0.4 is 5.32 Å². The van der Waals surface area contributed by atoms with Gasteiger partial charge in [-0.3, -0.25) is 10.1 Å². The molecule has 0 bridgehead atoms. The van der Waals surface area contributed by atoms with Crippen molar-refractivity contribution in [1.29, 1.82) is 0 Å². The number of thioether (sulfide) groups is 1. The van der Waals surface area contributed by atoms with Crippen LogP contribution in [0.15, 0.2) is 41.0 Å². The predicted molar refractivity (Wildman–Crippen MR) is 118 cm³/mol. The lowest BCUT2D eigenvalue weighted by molar-refractivity contribution is -0.113. The number of fused-ring (bicyclic) bond motifs is 1. The number of methoxy groups -OCH3 is 1. The summed E-state index contributed by atoms with van der Waals surface area (Å²) in [7, 11) is 1.58. The van der Waals surface area contributed by atoms with Crippen molar-refractivity contribution in [2.45, 2.75) is 11.6 Å². The van der Waals surface area contributed by atoms with Gasteiger partial charge in [0.15, 0.2) is 0 Å². The molecule has 7 nitrogen and oxygen atoms in total. The number of nitrogens with zero attached hydrogens (tertiary/aromatic N) is 4. The molecule has 0 saturated heterocycles. The fourth-order valence-corrected chi connectivity index (χ4v) is 5.22. The Hall–Kier alpha value is -2.11. The molecule has 4 aromatic rings. The molecule has 0 saturated carbocycles. The number of hydrogen-bond donors (Lipinski definition) is 1. The second kappa shape index (κ2) is 9.14. The molecule has 0 aliphatic rings. The van der Waals surface area contributed by atoms with Gasteiger partial charge in [-0.05, 0) is 17.7 Å². The van der Waals surface area contributed by atoms with Gasteiger partial charge in [0, 0.05) is 23.1 Å². The van der Waals surface area contributed by atoms with E-state index in [1.165, 1.54) is 29.4 Å². The van der Waals surface area contributed by atoms with Crippen LogP contribution in [0.3, 0.4) is 0 Å². The quantitative estimate of drug-likeness (QED) is 0.312. The van der Waals surface area contributed by atoms with Gasteiger partial charge >= 0.3 is 0 Å². The van der Waals surface area contributed by atoms with Crippen LogP contribution in [-0.4, -0.2) is 38.9 Å². The third-order valence-electron chi connectivity index (χ3n) is 3.81. The van der Waals surface area contributed by atoms with Crippen LogP contribution >= 0.6 is 46.0 Å². The largest absolute Gasteiger partial charge is 0.377 e. The maximum absolute atomic E-state index is 12.3. The Kier molecular flexibility index (Phi) is 6.36. The number of nitrogens with one attached hydrogen (secondary N) is 1. The average molecular weight is 464 g/mol. The molecule has 0 atom stereocenters. The fraction of sp³-hybridized carbons (Fsp3) is 0.167. The van der Waals surface area contributed by atoms with Gasteiger partial charge in [-0.25, -0.2) is 9.97 Å². The van der Waals surface area contributed by atoms with Gasteiger partial charge in [0.05, 0.1) is 11.1 Å². The van der Waals surface area contributed by atoms with Crippen molar-refractivity contribution in [2.75, 3.05) is 18.2 Å². The van der Waals surface area contributed by atoms with Gasteiger partial charge in [-0.2, -0.15) is 0 Å². The molecule has 0 radical (unpaired) electrons. The molecular weight excluding hydrogens is 450 g/mol. The zero-order valence-corrected chi connectivity index (χ0v) is 18.3. The van der Waals surface area contributed by atoms with Gasteiger partial charge in [0.25, 0.3) is 0 Å². The monoisotopic (exact) mass is 463 g/mol. The van der Waals surface area contributed by atoms with E-state index < -0.39 is 0 Å². The SMILES string of the molecule is COCc1nnc(NC(=O)CSc2ncnc3scc(-c4ccc(Cl)cc4)c23)s1. The third-order valence-corrected chi connectivity index (χ3v) is 6.75. The zero-order valence-electron chi connectivity index (χ0n) is 15.1. The van der Waals surface area contributed by atoms with Gasteiger partial charge in [0.1, 0.15) is 27.8 Å². The summed E-state index contributed by atoms with van der Waals surface area (Å²) in [6.07, 6.45) is 1.52. The summed E-state index contributed by atoms with van der Waals surface area (Å²) in [5, 5.41) is 16.2. The Labute approximate surface area is 183 Å². The van der Waals surface area contributed by atoms with Gasteiger partial charge in [-0.1, -0.05) is 46.8 Å². The van der Waals surface area contributed by atoms with E-state index in [4.69, 9.17) is 16.3 Å². The highest BCUT2D eigenvalue weighted by Crippen LogP contribution is 2.38. The number of anilines is 1. The van der Waals surface area contributed by atoms with Crippen LogP contribution in [-0.2, 0) is 16.1 Å². The Morgan fingerprint density at radius 3 is 2.86 bits per heavy atom. The summed E-state index contributed by atoms with van der Waals surface area (Å²) in [6, 6.07) is 7.63. The van der Waals surface area contributed by atoms with Crippen LogP contribution in [0.2, 0.25) is 5.02 Å². The highest BCUT2D eigenvalue weighted by atomic mass is 35.5. The number of thiophene rings is 1. The number of ether oxygens (including phenoxy) is 1. The van der Waals surface area contributed by atoms with E-state index in [0.717, 1.165) is 26.4 Å². The van der Waals surface area contributed by atoms with Crippen molar-refractivity contribution in [3.8, 4) is 11.1 Å². The number of benzene rings is 1. The first-order valence-corrected chi connectivity index (χ1v) is 11.4. The van der Waals surface area contributed by atoms with Crippen LogP contribution in [0.4, 0.5) is 5.13 Å². The second-order valence-electron chi connectivity index (χ2n) is 5.79. The van der Waals surface area contributed by atoms with Crippen LogP contribution in [0.25, 0.3) is 21.3 Å². The Bertz CT molecular complexity index is 1150. The van der Waals surface area contributed by atoms with E-state index >= 15 is 0 Å². The van der Waals surface area contributed by atoms with E-state index in [2.05, 4.69) is 25.5 Å². The number of halogens is 1. The molecule has 3 heterocycles. The summed E-state index contributed by atoms with van der Waals surface area (Å²) in [5.74, 6) is 0.0199. The predicted octanol–water partition coefficient (Wildman–Crippen LogP) is 4.74. The van der Waals surface area contributed by atoms with Gasteiger partial charge in [-0.15, -0.1) is 21.5 Å². The topological polar surface area (TPSA) is 89.9 Å². The minimum atomic E-state index is -0.176. The first kappa shape index (κ1) is 20.2. The van der Waals surface area contributed by atoms with E-state index in [1.54, 1.807) is 18.4 Å². The molecule has 1 aromatic carbocycles. The van der Waals surface area contributed by atoms with E-state index in [0.29, 0.717) is 21.8 Å². The molecular formula is C18H14ClN5O2S3. The minimum absolute atomic E-state index is 0.176. The van der Waals surface area contributed by atoms with Crippen molar-refractivity contribution in [3.63, 3.8) is 0 Å². The maximum atomic E-state index is 12.3. The molecule has 0 aliphatic carbocycles. The third kappa shape index (κ3) is 4.73. The standard InChI is InChI=1S/C18H14ClN5O2S3/c1-26-6-14-23-24-18(29-14)22-13(25)8-28-17-15-12(7-27-16(15)20-9-21-17)10-2-4-11(19)5-3-10/h2-5,7,9H,6,8H2,1H3,(H,22,24,25). The number of aromatic nitrogens is 4. The Morgan fingerprint density at radius 1 is 1.24 bits per heavy atom. The maximum Gasteiger partial charge on any atom is 0.236 e. The average Bonchev–Trinajstić information content (AvgIpc) is 3.34. The Balaban J connectivity index is 1.51. The molecule has 29 heavy (non-hydrogen) atoms. The van der Waals surface area contributed by atoms with E-state index in [1.807, 2.05) is 29.6 Å². The molecule has 4 rings (SSSR count). The van der Waals surface area contributed by atoms with Crippen LogP contribution in [0.5, 0.6) is 0 Å². The van der Waals surface area contributed by atoms with Crippen LogP contribution in [0.1, 0.15) is 5.01 Å². The molecule has 11 heteroatoms. The Morgan fingerprint density at radius 2 is 2.07 bits per heavy atom. The lowest BCUT2D eigenvalue weighted by Crippen LogP contribution is -2.14. The molecule has 148 valence electrons. The highest BCUT2D eigenvalue weighted by Gasteiger charge is 2.15. The van der Waals surface area contributed by atoms with Crippen molar-refractivity contribution >= 4 is 67.3 Å². The van der Waals surface area contributed by atoms with Crippen molar-refractivity contribution in [3.05, 3.63) is 46.0 Å². The molecule has 0 unspecified atom stereocenters. The highest BCUT2D eigenvalue weighted by molar-refractivity contribution is 8.00. The van der Waals surface area contributed by atoms with Crippen molar-refractivity contribution in [1.82, 2.24) is 20.2 Å². The lowest BCUT2D eigenvalue weighted by atomic mass is 10.1. The molecule has 0 spiro atoms. The van der Waals surface area contributed by atoms with Gasteiger partial charge < -0.3 is 4.74 Å². The number of amides is 1. The molecule has 0 fully saturated rings.